The molecule has 0 heterocycles. The average molecular weight is 177 g/mol. The van der Waals surface area contributed by atoms with E-state index in [0.717, 1.165) is 0 Å². The number of aldehydes is 1. The van der Waals surface area contributed by atoms with Crippen molar-refractivity contribution in [1.82, 2.24) is 5.73 Å². The topological polar surface area (TPSA) is 76.7 Å². The van der Waals surface area contributed by atoms with E-state index in [9.17, 15) is 9.59 Å². The summed E-state index contributed by atoms with van der Waals surface area (Å²) in [6.45, 7) is 0. The third-order valence-electron chi connectivity index (χ3n) is 1.62. The van der Waals surface area contributed by atoms with Crippen molar-refractivity contribution in [3.63, 3.8) is 0 Å². The number of carboxylic acids is 1. The zero-order valence-corrected chi connectivity index (χ0v) is 6.68. The molecule has 13 heavy (non-hydrogen) atoms. The molecule has 0 aliphatic rings. The standard InChI is InChI=1S/C9H7NO3/c10-8(9(12)13)7-3-1-6(5-11)2-4-7/h1-5,8H,(H,12,13). The molecule has 0 amide bonds. The molecular formula is C9H7NO3. The lowest BCUT2D eigenvalue weighted by Crippen LogP contribution is -2.12. The molecule has 1 N–H and O–H groups in total. The molecule has 1 atom stereocenters. The van der Waals surface area contributed by atoms with Crippen LogP contribution in [0.5, 0.6) is 0 Å². The van der Waals surface area contributed by atoms with Gasteiger partial charge in [0.05, 0.1) is 0 Å². The van der Waals surface area contributed by atoms with Crippen LogP contribution in [0, 0.1) is 0 Å². The Morgan fingerprint density at radius 2 is 1.92 bits per heavy atom. The van der Waals surface area contributed by atoms with Crippen LogP contribution in [-0.4, -0.2) is 17.4 Å². The summed E-state index contributed by atoms with van der Waals surface area (Å²) in [5, 5.41) is 8.44. The summed E-state index contributed by atoms with van der Waals surface area (Å²) in [7, 11) is 0. The van der Waals surface area contributed by atoms with Gasteiger partial charge in [-0.25, -0.2) is 0 Å². The first-order valence-electron chi connectivity index (χ1n) is 3.61. The van der Waals surface area contributed by atoms with Crippen LogP contribution in [0.2, 0.25) is 0 Å². The van der Waals surface area contributed by atoms with Gasteiger partial charge in [0.2, 0.25) is 0 Å². The zero-order valence-electron chi connectivity index (χ0n) is 6.68. The fraction of sp³-hybridized carbons (Fsp3) is 0.111. The quantitative estimate of drug-likeness (QED) is 0.690. The van der Waals surface area contributed by atoms with Crippen LogP contribution in [0.3, 0.4) is 0 Å². The SMILES string of the molecule is [N]C(C(=O)O)c1ccc(C=O)cc1. The van der Waals surface area contributed by atoms with E-state index < -0.39 is 12.0 Å². The molecule has 4 heteroatoms. The smallest absolute Gasteiger partial charge is 0.328 e. The summed E-state index contributed by atoms with van der Waals surface area (Å²) in [4.78, 5) is 20.6. The molecule has 1 unspecified atom stereocenters. The molecule has 0 fully saturated rings. The van der Waals surface area contributed by atoms with E-state index in [1.54, 1.807) is 0 Å². The molecule has 1 aromatic carbocycles. The van der Waals surface area contributed by atoms with Gasteiger partial charge in [-0.15, -0.1) is 5.73 Å². The minimum Gasteiger partial charge on any atom is -0.480 e. The highest BCUT2D eigenvalue weighted by molar-refractivity contribution is 5.77. The van der Waals surface area contributed by atoms with Crippen molar-refractivity contribution in [2.75, 3.05) is 0 Å². The second-order valence-electron chi connectivity index (χ2n) is 2.53. The third kappa shape index (κ3) is 2.13. The number of carboxylic acid groups (broad SMARTS) is 1. The number of carbonyl (C=O) groups is 2. The lowest BCUT2D eigenvalue weighted by Gasteiger charge is -2.03. The molecule has 0 saturated heterocycles. The molecule has 0 bridgehead atoms. The Morgan fingerprint density at radius 3 is 2.31 bits per heavy atom. The van der Waals surface area contributed by atoms with Crippen LogP contribution >= 0.6 is 0 Å². The molecule has 0 saturated carbocycles. The zero-order chi connectivity index (χ0) is 9.84. The van der Waals surface area contributed by atoms with E-state index in [2.05, 4.69) is 0 Å². The van der Waals surface area contributed by atoms with Crippen LogP contribution < -0.4 is 5.73 Å². The summed E-state index contributed by atoms with van der Waals surface area (Å²) < 4.78 is 0. The molecule has 1 aromatic rings. The van der Waals surface area contributed by atoms with Crippen molar-refractivity contribution in [2.45, 2.75) is 6.04 Å². The van der Waals surface area contributed by atoms with Gasteiger partial charge in [0.15, 0.2) is 6.04 Å². The highest BCUT2D eigenvalue weighted by Crippen LogP contribution is 2.12. The molecule has 0 aliphatic heterocycles. The van der Waals surface area contributed by atoms with Crippen molar-refractivity contribution in [1.29, 1.82) is 0 Å². The summed E-state index contributed by atoms with van der Waals surface area (Å²) >= 11 is 0. The summed E-state index contributed by atoms with van der Waals surface area (Å²) in [6, 6.07) is 4.19. The second-order valence-corrected chi connectivity index (χ2v) is 2.53. The first kappa shape index (κ1) is 9.41. The average Bonchev–Trinajstić information content (AvgIpc) is 2.17. The van der Waals surface area contributed by atoms with Gasteiger partial charge >= 0.3 is 5.97 Å². The van der Waals surface area contributed by atoms with E-state index in [0.29, 0.717) is 11.8 Å². The lowest BCUT2D eigenvalue weighted by molar-refractivity contribution is -0.138. The molecule has 1 rings (SSSR count). The predicted molar refractivity (Wildman–Crippen MR) is 44.3 cm³/mol. The highest BCUT2D eigenvalue weighted by atomic mass is 16.4. The Labute approximate surface area is 75.0 Å². The van der Waals surface area contributed by atoms with Crippen LogP contribution in [-0.2, 0) is 4.79 Å². The van der Waals surface area contributed by atoms with Gasteiger partial charge in [-0.05, 0) is 5.56 Å². The van der Waals surface area contributed by atoms with Gasteiger partial charge in [-0.1, -0.05) is 24.3 Å². The Morgan fingerprint density at radius 1 is 1.38 bits per heavy atom. The Balaban J connectivity index is 2.91. The molecule has 4 nitrogen and oxygen atoms in total. The van der Waals surface area contributed by atoms with Crippen molar-refractivity contribution in [2.24, 2.45) is 0 Å². The minimum absolute atomic E-state index is 0.262. The first-order chi connectivity index (χ1) is 6.15. The molecule has 0 spiro atoms. The Hall–Kier alpha value is -1.68. The van der Waals surface area contributed by atoms with E-state index in [1.807, 2.05) is 0 Å². The Kier molecular flexibility index (Phi) is 2.76. The van der Waals surface area contributed by atoms with Gasteiger partial charge in [0, 0.05) is 5.56 Å². The lowest BCUT2D eigenvalue weighted by atomic mass is 10.1. The van der Waals surface area contributed by atoms with E-state index in [-0.39, 0.29) is 5.56 Å². The van der Waals surface area contributed by atoms with Gasteiger partial charge in [0.25, 0.3) is 0 Å². The number of benzene rings is 1. The van der Waals surface area contributed by atoms with Crippen molar-refractivity contribution in [3.8, 4) is 0 Å². The van der Waals surface area contributed by atoms with E-state index in [4.69, 9.17) is 10.8 Å². The monoisotopic (exact) mass is 177 g/mol. The van der Waals surface area contributed by atoms with Gasteiger partial charge < -0.3 is 5.11 Å². The molecule has 2 radical (unpaired) electrons. The fourth-order valence-electron chi connectivity index (χ4n) is 0.899. The van der Waals surface area contributed by atoms with Crippen LogP contribution in [0.25, 0.3) is 0 Å². The Bertz CT molecular complexity index is 318. The summed E-state index contributed by atoms with van der Waals surface area (Å²) in [5.74, 6) is -1.31. The van der Waals surface area contributed by atoms with Crippen molar-refractivity contribution in [3.05, 3.63) is 35.4 Å². The highest BCUT2D eigenvalue weighted by Gasteiger charge is 2.15. The van der Waals surface area contributed by atoms with Crippen LogP contribution in [0.1, 0.15) is 22.0 Å². The minimum atomic E-state index is -1.53. The fourth-order valence-corrected chi connectivity index (χ4v) is 0.899. The molecular weight excluding hydrogens is 170 g/mol. The van der Waals surface area contributed by atoms with Crippen molar-refractivity contribution >= 4 is 12.3 Å². The number of hydrogen-bond donors (Lipinski definition) is 1. The van der Waals surface area contributed by atoms with Crippen molar-refractivity contribution < 1.29 is 14.7 Å². The van der Waals surface area contributed by atoms with E-state index in [1.165, 1.54) is 24.3 Å². The molecule has 0 aromatic heterocycles. The third-order valence-corrected chi connectivity index (χ3v) is 1.62. The summed E-state index contributed by atoms with van der Waals surface area (Å²) in [6.07, 6.45) is 0.650. The van der Waals surface area contributed by atoms with Crippen LogP contribution in [0.15, 0.2) is 24.3 Å². The maximum atomic E-state index is 10.3. The maximum Gasteiger partial charge on any atom is 0.328 e. The summed E-state index contributed by atoms with van der Waals surface area (Å²) in [5.41, 5.74) is 9.78. The predicted octanol–water partition coefficient (Wildman–Crippen LogP) is 0.694. The van der Waals surface area contributed by atoms with E-state index >= 15 is 0 Å². The first-order valence-corrected chi connectivity index (χ1v) is 3.61. The number of hydrogen-bond acceptors (Lipinski definition) is 2. The normalized spacial score (nSPS) is 12.1. The number of carbonyl (C=O) groups excluding carboxylic acids is 1. The number of nitrogens with zero attached hydrogens (tertiary/aromatic N) is 1. The van der Waals surface area contributed by atoms with Gasteiger partial charge in [0.1, 0.15) is 6.29 Å². The second kappa shape index (κ2) is 3.82. The largest absolute Gasteiger partial charge is 0.480 e. The maximum absolute atomic E-state index is 10.3. The van der Waals surface area contributed by atoms with Gasteiger partial charge in [-0.3, -0.25) is 9.59 Å². The van der Waals surface area contributed by atoms with Crippen LogP contribution in [0.4, 0.5) is 0 Å². The number of rotatable bonds is 3. The number of aliphatic carboxylic acids is 1. The molecule has 0 aliphatic carbocycles. The van der Waals surface area contributed by atoms with Gasteiger partial charge in [-0.2, -0.15) is 0 Å². The molecule has 66 valence electrons.